The first-order valence-electron chi connectivity index (χ1n) is 7.37. The molecule has 3 rings (SSSR count). The van der Waals surface area contributed by atoms with E-state index in [1.807, 2.05) is 6.07 Å². The summed E-state index contributed by atoms with van der Waals surface area (Å²) in [5.41, 5.74) is 2.13. The molecule has 0 bridgehead atoms. The van der Waals surface area contributed by atoms with Gasteiger partial charge < -0.3 is 0 Å². The fourth-order valence-electron chi connectivity index (χ4n) is 3.35. The first-order valence-corrected chi connectivity index (χ1v) is 8.16. The van der Waals surface area contributed by atoms with Crippen LogP contribution in [0.2, 0.25) is 0 Å². The third kappa shape index (κ3) is 2.57. The van der Waals surface area contributed by atoms with Crippen LogP contribution < -0.4 is 0 Å². The molecule has 1 fully saturated rings. The molecular formula is C16H21BrN2O. The van der Waals surface area contributed by atoms with E-state index in [1.54, 1.807) is 0 Å². The summed E-state index contributed by atoms with van der Waals surface area (Å²) in [5, 5.41) is 0. The second-order valence-electron chi connectivity index (χ2n) is 6.04. The van der Waals surface area contributed by atoms with Gasteiger partial charge in [0.2, 0.25) is 0 Å². The van der Waals surface area contributed by atoms with Crippen LogP contribution in [0.3, 0.4) is 0 Å². The molecule has 3 nitrogen and oxygen atoms in total. The Labute approximate surface area is 129 Å². The summed E-state index contributed by atoms with van der Waals surface area (Å²) in [5.74, 6) is 0.289. The molecule has 20 heavy (non-hydrogen) atoms. The van der Waals surface area contributed by atoms with E-state index in [0.29, 0.717) is 18.5 Å². The SMILES string of the molecule is CC(C)N1CCN(C2CC(=O)c3cc(Br)ccc32)CC1. The average Bonchev–Trinajstić information content (AvgIpc) is 2.76. The number of carbonyl (C=O) groups excluding carboxylic acids is 1. The molecule has 108 valence electrons. The van der Waals surface area contributed by atoms with Gasteiger partial charge in [0.05, 0.1) is 0 Å². The molecule has 0 radical (unpaired) electrons. The van der Waals surface area contributed by atoms with Gasteiger partial charge in [0.25, 0.3) is 0 Å². The lowest BCUT2D eigenvalue weighted by Gasteiger charge is -2.39. The number of hydrogen-bond donors (Lipinski definition) is 0. The van der Waals surface area contributed by atoms with E-state index < -0.39 is 0 Å². The molecule has 0 saturated carbocycles. The highest BCUT2D eigenvalue weighted by Gasteiger charge is 2.35. The zero-order valence-electron chi connectivity index (χ0n) is 12.1. The number of halogens is 1. The highest BCUT2D eigenvalue weighted by molar-refractivity contribution is 9.10. The van der Waals surface area contributed by atoms with Crippen LogP contribution in [0.25, 0.3) is 0 Å². The van der Waals surface area contributed by atoms with E-state index in [2.05, 4.69) is 51.7 Å². The fourth-order valence-corrected chi connectivity index (χ4v) is 3.71. The Morgan fingerprint density at radius 2 is 1.90 bits per heavy atom. The molecule has 1 atom stereocenters. The van der Waals surface area contributed by atoms with Crippen LogP contribution >= 0.6 is 15.9 Å². The van der Waals surface area contributed by atoms with Gasteiger partial charge in [0, 0.05) is 54.7 Å². The lowest BCUT2D eigenvalue weighted by molar-refractivity contribution is 0.0724. The summed E-state index contributed by atoms with van der Waals surface area (Å²) in [6, 6.07) is 7.05. The van der Waals surface area contributed by atoms with Gasteiger partial charge in [-0.15, -0.1) is 0 Å². The monoisotopic (exact) mass is 336 g/mol. The van der Waals surface area contributed by atoms with Crippen LogP contribution in [0.4, 0.5) is 0 Å². The van der Waals surface area contributed by atoms with Crippen molar-refractivity contribution in [3.63, 3.8) is 0 Å². The lowest BCUT2D eigenvalue weighted by atomic mass is 10.1. The summed E-state index contributed by atoms with van der Waals surface area (Å²) in [7, 11) is 0. The van der Waals surface area contributed by atoms with Gasteiger partial charge in [-0.3, -0.25) is 14.6 Å². The first-order chi connectivity index (χ1) is 9.56. The van der Waals surface area contributed by atoms with Crippen molar-refractivity contribution in [3.8, 4) is 0 Å². The van der Waals surface area contributed by atoms with Crippen LogP contribution in [-0.2, 0) is 0 Å². The summed E-state index contributed by atoms with van der Waals surface area (Å²) >= 11 is 3.46. The largest absolute Gasteiger partial charge is 0.298 e. The number of ketones is 1. The Morgan fingerprint density at radius 1 is 1.20 bits per heavy atom. The number of nitrogens with zero attached hydrogens (tertiary/aromatic N) is 2. The third-order valence-electron chi connectivity index (χ3n) is 4.57. The topological polar surface area (TPSA) is 23.6 Å². The quantitative estimate of drug-likeness (QED) is 0.829. The molecule has 0 aromatic heterocycles. The number of hydrogen-bond acceptors (Lipinski definition) is 3. The molecule has 2 aliphatic rings. The molecule has 1 unspecified atom stereocenters. The summed E-state index contributed by atoms with van der Waals surface area (Å²) in [6.07, 6.45) is 0.646. The normalized spacial score (nSPS) is 24.4. The van der Waals surface area contributed by atoms with Gasteiger partial charge in [-0.2, -0.15) is 0 Å². The van der Waals surface area contributed by atoms with Crippen LogP contribution in [0.5, 0.6) is 0 Å². The zero-order valence-corrected chi connectivity index (χ0v) is 13.7. The van der Waals surface area contributed by atoms with Crippen LogP contribution in [-0.4, -0.2) is 47.8 Å². The number of piperazine rings is 1. The molecule has 1 heterocycles. The van der Waals surface area contributed by atoms with Gasteiger partial charge in [0.1, 0.15) is 0 Å². The second kappa shape index (κ2) is 5.58. The molecule has 1 aliphatic carbocycles. The number of fused-ring (bicyclic) bond motifs is 1. The Hall–Kier alpha value is -0.710. The molecule has 1 aromatic rings. The summed E-state index contributed by atoms with van der Waals surface area (Å²) in [4.78, 5) is 17.2. The van der Waals surface area contributed by atoms with Crippen LogP contribution in [0, 0.1) is 0 Å². The average molecular weight is 337 g/mol. The summed E-state index contributed by atoms with van der Waals surface area (Å²) in [6.45, 7) is 8.84. The van der Waals surface area contributed by atoms with Gasteiger partial charge in [-0.25, -0.2) is 0 Å². The Bertz CT molecular complexity index is 521. The molecule has 1 aromatic carbocycles. The molecule has 0 spiro atoms. The van der Waals surface area contributed by atoms with Crippen molar-refractivity contribution < 1.29 is 4.79 Å². The molecule has 0 amide bonds. The number of rotatable bonds is 2. The van der Waals surface area contributed by atoms with Crippen molar-refractivity contribution in [2.75, 3.05) is 26.2 Å². The number of benzene rings is 1. The maximum atomic E-state index is 12.2. The molecular weight excluding hydrogens is 316 g/mol. The standard InChI is InChI=1S/C16H21BrN2O/c1-11(2)18-5-7-19(8-6-18)15-10-16(20)14-9-12(17)3-4-13(14)15/h3-4,9,11,15H,5-8,10H2,1-2H3. The highest BCUT2D eigenvalue weighted by Crippen LogP contribution is 2.37. The third-order valence-corrected chi connectivity index (χ3v) is 5.07. The molecule has 4 heteroatoms. The first kappa shape index (κ1) is 14.2. The van der Waals surface area contributed by atoms with Gasteiger partial charge in [0.15, 0.2) is 5.78 Å². The minimum Gasteiger partial charge on any atom is -0.298 e. The van der Waals surface area contributed by atoms with E-state index in [4.69, 9.17) is 0 Å². The van der Waals surface area contributed by atoms with Crippen molar-refractivity contribution in [2.24, 2.45) is 0 Å². The van der Waals surface area contributed by atoms with Crippen molar-refractivity contribution in [1.29, 1.82) is 0 Å². The van der Waals surface area contributed by atoms with Crippen molar-refractivity contribution in [3.05, 3.63) is 33.8 Å². The lowest BCUT2D eigenvalue weighted by Crippen LogP contribution is -2.49. The predicted molar refractivity (Wildman–Crippen MR) is 84.1 cm³/mol. The van der Waals surface area contributed by atoms with E-state index >= 15 is 0 Å². The van der Waals surface area contributed by atoms with E-state index in [1.165, 1.54) is 5.56 Å². The van der Waals surface area contributed by atoms with Gasteiger partial charge in [-0.1, -0.05) is 22.0 Å². The Morgan fingerprint density at radius 3 is 2.55 bits per heavy atom. The predicted octanol–water partition coefficient (Wildman–Crippen LogP) is 3.10. The van der Waals surface area contributed by atoms with E-state index in [9.17, 15) is 4.79 Å². The number of carbonyl (C=O) groups is 1. The molecule has 1 saturated heterocycles. The van der Waals surface area contributed by atoms with Crippen LogP contribution in [0.1, 0.15) is 42.2 Å². The summed E-state index contributed by atoms with van der Waals surface area (Å²) < 4.78 is 0.995. The van der Waals surface area contributed by atoms with Crippen LogP contribution in [0.15, 0.2) is 22.7 Å². The van der Waals surface area contributed by atoms with Crippen molar-refractivity contribution >= 4 is 21.7 Å². The Balaban J connectivity index is 1.76. The zero-order chi connectivity index (χ0) is 14.3. The highest BCUT2D eigenvalue weighted by atomic mass is 79.9. The van der Waals surface area contributed by atoms with Crippen molar-refractivity contribution in [1.82, 2.24) is 9.80 Å². The minimum atomic E-state index is 0.289. The second-order valence-corrected chi connectivity index (χ2v) is 6.96. The van der Waals surface area contributed by atoms with Gasteiger partial charge in [-0.05, 0) is 31.5 Å². The fraction of sp³-hybridized carbons (Fsp3) is 0.562. The minimum absolute atomic E-state index is 0.289. The number of Topliss-reactive ketones (excluding diaryl/α,β-unsaturated/α-hetero) is 1. The Kier molecular flexibility index (Phi) is 3.98. The maximum absolute atomic E-state index is 12.2. The smallest absolute Gasteiger partial charge is 0.165 e. The maximum Gasteiger partial charge on any atom is 0.165 e. The van der Waals surface area contributed by atoms with Crippen molar-refractivity contribution in [2.45, 2.75) is 32.4 Å². The van der Waals surface area contributed by atoms with E-state index in [0.717, 1.165) is 36.2 Å². The molecule has 1 aliphatic heterocycles. The van der Waals surface area contributed by atoms with E-state index in [-0.39, 0.29) is 5.78 Å². The van der Waals surface area contributed by atoms with Gasteiger partial charge >= 0.3 is 0 Å². The molecule has 0 N–H and O–H groups in total.